The largest absolute Gasteiger partial charge is 0.490 e. The fourth-order valence-electron chi connectivity index (χ4n) is 5.08. The molecule has 2 bridgehead atoms. The Kier molecular flexibility index (Phi) is 3.96. The highest BCUT2D eigenvalue weighted by Gasteiger charge is 2.45. The number of imidazole rings is 1. The van der Waals surface area contributed by atoms with Crippen LogP contribution in [0, 0.1) is 5.92 Å². The number of anilines is 2. The Hall–Kier alpha value is -2.94. The van der Waals surface area contributed by atoms with Gasteiger partial charge in [-0.1, -0.05) is 0 Å². The molecule has 9 nitrogen and oxygen atoms in total. The van der Waals surface area contributed by atoms with Gasteiger partial charge in [0.05, 0.1) is 13.2 Å². The van der Waals surface area contributed by atoms with Crippen molar-refractivity contribution in [3.63, 3.8) is 0 Å². The average Bonchev–Trinajstić information content (AvgIpc) is 3.42. The summed E-state index contributed by atoms with van der Waals surface area (Å²) in [7, 11) is 0. The van der Waals surface area contributed by atoms with E-state index < -0.39 is 5.60 Å². The maximum absolute atomic E-state index is 6.00. The van der Waals surface area contributed by atoms with Gasteiger partial charge < -0.3 is 24.7 Å². The molecule has 1 aliphatic carbocycles. The SMILES string of the molecule is CCOc1cc(-c2nc(N3CC4CC3C4)c3nc4n(c3n2)CCOC4(C)C)cnc1N. The summed E-state index contributed by atoms with van der Waals surface area (Å²) in [4.78, 5) is 21.7. The zero-order valence-corrected chi connectivity index (χ0v) is 18.1. The van der Waals surface area contributed by atoms with Crippen LogP contribution in [-0.4, -0.2) is 50.3 Å². The van der Waals surface area contributed by atoms with Crippen LogP contribution in [0.25, 0.3) is 22.6 Å². The van der Waals surface area contributed by atoms with Crippen molar-refractivity contribution in [3.05, 3.63) is 18.1 Å². The van der Waals surface area contributed by atoms with Gasteiger partial charge in [-0.05, 0) is 45.6 Å². The Balaban J connectivity index is 1.57. The maximum Gasteiger partial charge on any atom is 0.166 e. The fraction of sp³-hybridized carbons (Fsp3) is 0.545. The van der Waals surface area contributed by atoms with E-state index in [9.17, 15) is 0 Å². The Morgan fingerprint density at radius 1 is 1.26 bits per heavy atom. The number of aromatic nitrogens is 5. The summed E-state index contributed by atoms with van der Waals surface area (Å²) in [5, 5.41) is 0. The van der Waals surface area contributed by atoms with E-state index >= 15 is 0 Å². The molecule has 7 rings (SSSR count). The lowest BCUT2D eigenvalue weighted by Crippen LogP contribution is -2.33. The van der Waals surface area contributed by atoms with Crippen molar-refractivity contribution < 1.29 is 9.47 Å². The van der Waals surface area contributed by atoms with Crippen molar-refractivity contribution >= 4 is 22.8 Å². The molecular weight excluding hydrogens is 394 g/mol. The molecule has 0 atom stereocenters. The van der Waals surface area contributed by atoms with Crippen LogP contribution in [-0.2, 0) is 16.9 Å². The topological polar surface area (TPSA) is 104 Å². The number of ether oxygens (including phenoxy) is 2. The van der Waals surface area contributed by atoms with Gasteiger partial charge in [0, 0.05) is 30.9 Å². The zero-order valence-electron chi connectivity index (χ0n) is 18.1. The lowest BCUT2D eigenvalue weighted by molar-refractivity contribution is -0.0530. The molecule has 0 amide bonds. The Morgan fingerprint density at radius 2 is 2.10 bits per heavy atom. The van der Waals surface area contributed by atoms with Gasteiger partial charge in [-0.3, -0.25) is 0 Å². The molecule has 2 saturated heterocycles. The molecule has 162 valence electrons. The maximum atomic E-state index is 6.00. The minimum atomic E-state index is -0.464. The van der Waals surface area contributed by atoms with E-state index in [1.165, 1.54) is 12.8 Å². The zero-order chi connectivity index (χ0) is 21.3. The molecule has 0 radical (unpaired) electrons. The predicted octanol–water partition coefficient (Wildman–Crippen LogP) is 2.73. The van der Waals surface area contributed by atoms with Gasteiger partial charge in [0.15, 0.2) is 34.4 Å². The van der Waals surface area contributed by atoms with E-state index in [4.69, 9.17) is 30.2 Å². The second-order valence-electron chi connectivity index (χ2n) is 9.17. The van der Waals surface area contributed by atoms with Crippen LogP contribution in [0.1, 0.15) is 39.4 Å². The first-order valence-electron chi connectivity index (χ1n) is 11.0. The van der Waals surface area contributed by atoms with E-state index in [-0.39, 0.29) is 0 Å². The minimum Gasteiger partial charge on any atom is -0.490 e. The van der Waals surface area contributed by atoms with E-state index in [2.05, 4.69) is 28.3 Å². The molecule has 31 heavy (non-hydrogen) atoms. The monoisotopic (exact) mass is 421 g/mol. The third-order valence-electron chi connectivity index (χ3n) is 6.71. The van der Waals surface area contributed by atoms with Crippen molar-refractivity contribution in [3.8, 4) is 17.1 Å². The number of hydrogen-bond donors (Lipinski definition) is 1. The molecule has 0 aromatic carbocycles. The second-order valence-corrected chi connectivity index (χ2v) is 9.17. The molecule has 0 unspecified atom stereocenters. The third-order valence-corrected chi connectivity index (χ3v) is 6.71. The van der Waals surface area contributed by atoms with Crippen LogP contribution >= 0.6 is 0 Å². The van der Waals surface area contributed by atoms with E-state index in [1.54, 1.807) is 6.20 Å². The molecule has 2 N–H and O–H groups in total. The minimum absolute atomic E-state index is 0.368. The van der Waals surface area contributed by atoms with Crippen LogP contribution in [0.2, 0.25) is 0 Å². The van der Waals surface area contributed by atoms with Crippen LogP contribution in [0.3, 0.4) is 0 Å². The van der Waals surface area contributed by atoms with Gasteiger partial charge >= 0.3 is 0 Å². The van der Waals surface area contributed by atoms with Crippen LogP contribution < -0.4 is 15.4 Å². The first-order chi connectivity index (χ1) is 14.9. The molecule has 3 aliphatic heterocycles. The summed E-state index contributed by atoms with van der Waals surface area (Å²) in [6, 6.07) is 2.42. The summed E-state index contributed by atoms with van der Waals surface area (Å²) in [5.74, 6) is 4.12. The number of hydrogen-bond acceptors (Lipinski definition) is 8. The Labute approximate surface area is 180 Å². The van der Waals surface area contributed by atoms with Crippen LogP contribution in [0.15, 0.2) is 12.3 Å². The predicted molar refractivity (Wildman–Crippen MR) is 117 cm³/mol. The smallest absolute Gasteiger partial charge is 0.166 e. The van der Waals surface area contributed by atoms with Crippen molar-refractivity contribution in [1.29, 1.82) is 0 Å². The Bertz CT molecular complexity index is 1180. The first kappa shape index (κ1) is 18.8. The molecule has 3 aromatic rings. The summed E-state index contributed by atoms with van der Waals surface area (Å²) >= 11 is 0. The number of nitrogens with two attached hydrogens (primary N) is 1. The van der Waals surface area contributed by atoms with Crippen molar-refractivity contribution in [2.45, 2.75) is 51.8 Å². The van der Waals surface area contributed by atoms with Gasteiger partial charge in [-0.15, -0.1) is 0 Å². The summed E-state index contributed by atoms with van der Waals surface area (Å²) < 4.78 is 13.8. The Morgan fingerprint density at radius 3 is 2.84 bits per heavy atom. The molecule has 9 heteroatoms. The molecule has 1 saturated carbocycles. The standard InChI is InChI=1S/C22H27N7O2/c1-4-30-15-9-13(10-24-17(15)23)18-26-19-16(20(27-18)29-11-12-7-14(29)8-12)25-21-22(2,3)31-6-5-28(19)21/h9-10,12,14H,4-8,11H2,1-3H3,(H2,23,24). The highest BCUT2D eigenvalue weighted by Crippen LogP contribution is 2.45. The second kappa shape index (κ2) is 6.53. The molecule has 4 aliphatic rings. The van der Waals surface area contributed by atoms with Crippen molar-refractivity contribution in [2.75, 3.05) is 30.4 Å². The van der Waals surface area contributed by atoms with E-state index in [0.29, 0.717) is 36.6 Å². The average molecular weight is 422 g/mol. The van der Waals surface area contributed by atoms with Crippen molar-refractivity contribution in [2.24, 2.45) is 5.92 Å². The summed E-state index contributed by atoms with van der Waals surface area (Å²) in [5.41, 5.74) is 8.02. The lowest BCUT2D eigenvalue weighted by Gasteiger charge is -2.30. The van der Waals surface area contributed by atoms with E-state index in [1.807, 2.05) is 13.0 Å². The van der Waals surface area contributed by atoms with E-state index in [0.717, 1.165) is 47.4 Å². The fourth-order valence-corrected chi connectivity index (χ4v) is 5.08. The third kappa shape index (κ3) is 2.79. The molecule has 6 heterocycles. The lowest BCUT2D eigenvalue weighted by atomic mass is 9.86. The normalized spacial score (nSPS) is 23.6. The van der Waals surface area contributed by atoms with Gasteiger partial charge in [0.1, 0.15) is 11.4 Å². The van der Waals surface area contributed by atoms with Crippen LogP contribution in [0.5, 0.6) is 5.75 Å². The quantitative estimate of drug-likeness (QED) is 0.686. The molecule has 3 fully saturated rings. The first-order valence-corrected chi connectivity index (χ1v) is 11.0. The summed E-state index contributed by atoms with van der Waals surface area (Å²) in [6.07, 6.45) is 4.19. The highest BCUT2D eigenvalue weighted by molar-refractivity contribution is 5.87. The van der Waals surface area contributed by atoms with Crippen LogP contribution in [0.4, 0.5) is 11.6 Å². The number of pyridine rings is 1. The van der Waals surface area contributed by atoms with Gasteiger partial charge in [-0.2, -0.15) is 0 Å². The number of fused-ring (bicyclic) bond motifs is 4. The molecule has 3 aromatic heterocycles. The number of nitrogens with zero attached hydrogens (tertiary/aromatic N) is 6. The van der Waals surface area contributed by atoms with Gasteiger partial charge in [0.2, 0.25) is 0 Å². The number of rotatable bonds is 4. The number of nitrogen functional groups attached to an aromatic ring is 1. The van der Waals surface area contributed by atoms with Gasteiger partial charge in [-0.25, -0.2) is 19.9 Å². The molecule has 0 spiro atoms. The van der Waals surface area contributed by atoms with Gasteiger partial charge in [0.25, 0.3) is 0 Å². The van der Waals surface area contributed by atoms with Crippen molar-refractivity contribution in [1.82, 2.24) is 24.5 Å². The summed E-state index contributed by atoms with van der Waals surface area (Å²) in [6.45, 7) is 8.94. The molecular formula is C22H27N7O2. The highest BCUT2D eigenvalue weighted by atomic mass is 16.5.